The first-order valence-electron chi connectivity index (χ1n) is 13.6. The number of rotatable bonds is 0. The molecule has 0 nitrogen and oxygen atoms in total. The first-order chi connectivity index (χ1) is 19.2. The summed E-state index contributed by atoms with van der Waals surface area (Å²) in [5.74, 6) is 0. The zero-order valence-electron chi connectivity index (χ0n) is 25.6. The summed E-state index contributed by atoms with van der Waals surface area (Å²) in [6.07, 6.45) is 11.0. The van der Waals surface area contributed by atoms with Crippen LogP contribution >= 0.6 is 24.8 Å². The van der Waals surface area contributed by atoms with Crippen LogP contribution in [0.4, 0.5) is 0 Å². The summed E-state index contributed by atoms with van der Waals surface area (Å²) >= 11 is 1.36. The number of hydrogen-bond donors (Lipinski definition) is 0. The molecular formula is C38H42Cl2SiZr-4. The maximum atomic E-state index is 3.53. The van der Waals surface area contributed by atoms with Crippen molar-refractivity contribution in [3.8, 4) is 11.1 Å². The van der Waals surface area contributed by atoms with Gasteiger partial charge in [0.1, 0.15) is 0 Å². The van der Waals surface area contributed by atoms with Gasteiger partial charge in [0.2, 0.25) is 0 Å². The minimum atomic E-state index is 0. The molecule has 0 amide bonds. The van der Waals surface area contributed by atoms with Crippen LogP contribution in [0.5, 0.6) is 0 Å². The summed E-state index contributed by atoms with van der Waals surface area (Å²) in [4.78, 5) is 0. The molecule has 0 aromatic heterocycles. The van der Waals surface area contributed by atoms with Gasteiger partial charge in [-0.05, 0) is 17.4 Å². The second kappa shape index (κ2) is 20.9. The maximum Gasteiger partial charge on any atom is -0.171 e. The van der Waals surface area contributed by atoms with E-state index in [1.54, 1.807) is 0 Å². The van der Waals surface area contributed by atoms with Crippen molar-refractivity contribution in [3.63, 3.8) is 0 Å². The van der Waals surface area contributed by atoms with Gasteiger partial charge in [-0.15, -0.1) is 36.8 Å². The van der Waals surface area contributed by atoms with Crippen LogP contribution in [0.15, 0.2) is 109 Å². The molecular weight excluding hydrogens is 647 g/mol. The Morgan fingerprint density at radius 3 is 1.57 bits per heavy atom. The number of fused-ring (bicyclic) bond motifs is 3. The van der Waals surface area contributed by atoms with E-state index in [1.807, 2.05) is 72.8 Å². The summed E-state index contributed by atoms with van der Waals surface area (Å²) in [5, 5.41) is 0. The molecule has 2 aliphatic rings. The molecule has 4 heteroatoms. The van der Waals surface area contributed by atoms with Crippen LogP contribution in [-0.4, -0.2) is 6.88 Å². The Balaban J connectivity index is 0.000000651. The molecule has 6 rings (SSSR count). The maximum absolute atomic E-state index is 3.53. The Kier molecular flexibility index (Phi) is 19.9. The van der Waals surface area contributed by atoms with Gasteiger partial charge in [0, 0.05) is 0 Å². The van der Waals surface area contributed by atoms with Crippen LogP contribution in [0.3, 0.4) is 0 Å². The molecule has 2 aliphatic carbocycles. The fourth-order valence-electron chi connectivity index (χ4n) is 4.01. The molecule has 0 N–H and O–H groups in total. The quantitative estimate of drug-likeness (QED) is 0.112. The minimum absolute atomic E-state index is 0. The fourth-order valence-corrected chi connectivity index (χ4v) is 4.01. The van der Waals surface area contributed by atoms with Gasteiger partial charge in [-0.1, -0.05) is 76.3 Å². The molecule has 0 saturated heterocycles. The largest absolute Gasteiger partial charge is 0.184 e. The molecule has 0 aliphatic heterocycles. The summed E-state index contributed by atoms with van der Waals surface area (Å²) in [6.45, 7) is 16.7. The average molecular weight is 689 g/mol. The molecule has 0 saturated carbocycles. The van der Waals surface area contributed by atoms with Crippen molar-refractivity contribution in [2.75, 3.05) is 0 Å². The zero-order chi connectivity index (χ0) is 29.4. The van der Waals surface area contributed by atoms with E-state index in [4.69, 9.17) is 0 Å². The fraction of sp³-hybridized carbons (Fsp3) is 0.263. The normalized spacial score (nSPS) is 11.5. The summed E-state index contributed by atoms with van der Waals surface area (Å²) in [6, 6.07) is 40.1. The van der Waals surface area contributed by atoms with Gasteiger partial charge in [-0.3, -0.25) is 6.08 Å². The molecule has 0 heterocycles. The predicted molar refractivity (Wildman–Crippen MR) is 183 cm³/mol. The second-order valence-electron chi connectivity index (χ2n) is 11.5. The van der Waals surface area contributed by atoms with Crippen molar-refractivity contribution in [3.05, 3.63) is 156 Å². The molecule has 42 heavy (non-hydrogen) atoms. The Bertz CT molecular complexity index is 1180. The molecule has 0 fully saturated rings. The van der Waals surface area contributed by atoms with E-state index in [0.717, 1.165) is 12.8 Å². The van der Waals surface area contributed by atoms with Gasteiger partial charge in [0.05, 0.1) is 0 Å². The molecule has 2 radical (unpaired) electrons. The van der Waals surface area contributed by atoms with Crippen LogP contribution in [0.25, 0.3) is 11.1 Å². The van der Waals surface area contributed by atoms with Crippen molar-refractivity contribution in [2.45, 2.75) is 65.2 Å². The van der Waals surface area contributed by atoms with Crippen LogP contribution in [0.1, 0.15) is 70.2 Å². The van der Waals surface area contributed by atoms with Gasteiger partial charge in [-0.25, -0.2) is 12.2 Å². The summed E-state index contributed by atoms with van der Waals surface area (Å²) in [7, 11) is 0. The van der Waals surface area contributed by atoms with E-state index in [0.29, 0.717) is 0 Å². The van der Waals surface area contributed by atoms with E-state index >= 15 is 0 Å². The zero-order valence-corrected chi connectivity index (χ0v) is 30.7. The van der Waals surface area contributed by atoms with Gasteiger partial charge >= 0.3 is 30.2 Å². The predicted octanol–water partition coefficient (Wildman–Crippen LogP) is 10.4. The number of halogens is 2. The van der Waals surface area contributed by atoms with Crippen LogP contribution in [0.2, 0.25) is 0 Å². The summed E-state index contributed by atoms with van der Waals surface area (Å²) in [5.41, 5.74) is 8.76. The van der Waals surface area contributed by atoms with Crippen LogP contribution < -0.4 is 0 Å². The van der Waals surface area contributed by atoms with E-state index in [9.17, 15) is 0 Å². The Morgan fingerprint density at radius 2 is 1.21 bits per heavy atom. The standard InChI is InChI=1S/C21H25.2C6H5.C5H5.2ClH.Si.Zr/c1-20(2,3)16-9-7-14-11-15-8-10-17(21(4,5)6)13-19(15)18(14)12-16;2*1-2-4-6-5-3-1;1-2-4-5-3-1;;;;/h7,9-10,12-13H,11H2,1-6H3;2*1-5H;1-3H,4H2;2*1H;;/q4*-1;;;;. The third kappa shape index (κ3) is 14.0. The Hall–Kier alpha value is -1.96. The van der Waals surface area contributed by atoms with Crippen molar-refractivity contribution in [1.82, 2.24) is 0 Å². The van der Waals surface area contributed by atoms with Gasteiger partial charge in [0.25, 0.3) is 0 Å². The molecule has 4 aromatic rings. The molecule has 0 atom stereocenters. The van der Waals surface area contributed by atoms with Crippen molar-refractivity contribution < 1.29 is 23.3 Å². The average Bonchev–Trinajstić information content (AvgIpc) is 3.67. The SMILES string of the molecule is CC(C)(C)c1c[c-]c2c(c1)-c1cc(C(C)(C)C)ccc1C2.Cl.Cl.[C-]1=CC=CC1.[Si]=[Zr].[c-]1ccccc1.[c-]1ccccc1. The third-order valence-corrected chi connectivity index (χ3v) is 6.33. The first kappa shape index (κ1) is 40.0. The number of allylic oxidation sites excluding steroid dienone is 4. The number of benzene rings is 4. The monoisotopic (exact) mass is 686 g/mol. The topological polar surface area (TPSA) is 0 Å². The first-order valence-corrected chi connectivity index (χ1v) is 17.8. The summed E-state index contributed by atoms with van der Waals surface area (Å²) < 4.78 is 0. The third-order valence-electron chi connectivity index (χ3n) is 6.33. The van der Waals surface area contributed by atoms with Crippen LogP contribution in [0, 0.1) is 24.3 Å². The van der Waals surface area contributed by atoms with Crippen LogP contribution in [-0.2, 0) is 40.6 Å². The van der Waals surface area contributed by atoms with E-state index in [1.165, 1.54) is 56.7 Å². The Labute approximate surface area is 285 Å². The minimum Gasteiger partial charge on any atom is -0.184 e. The Morgan fingerprint density at radius 1 is 0.690 bits per heavy atom. The van der Waals surface area contributed by atoms with Gasteiger partial charge in [-0.2, -0.15) is 108 Å². The molecule has 0 unspecified atom stereocenters. The molecule has 0 bridgehead atoms. The van der Waals surface area contributed by atoms with Crippen molar-refractivity contribution in [2.24, 2.45) is 0 Å². The molecule has 0 spiro atoms. The van der Waals surface area contributed by atoms with E-state index < -0.39 is 0 Å². The molecule has 220 valence electrons. The smallest absolute Gasteiger partial charge is 0.171 e. The second-order valence-corrected chi connectivity index (χ2v) is 11.5. The van der Waals surface area contributed by atoms with E-state index in [2.05, 4.69) is 109 Å². The van der Waals surface area contributed by atoms with Gasteiger partial charge in [0.15, 0.2) is 0 Å². The number of hydrogen-bond acceptors (Lipinski definition) is 0. The van der Waals surface area contributed by atoms with Gasteiger partial charge < -0.3 is 0 Å². The van der Waals surface area contributed by atoms with Crippen molar-refractivity contribution >= 4 is 31.7 Å². The van der Waals surface area contributed by atoms with Crippen molar-refractivity contribution in [1.29, 1.82) is 0 Å². The molecule has 4 aromatic carbocycles. The van der Waals surface area contributed by atoms with E-state index in [-0.39, 0.29) is 35.6 Å².